The molecule has 0 saturated heterocycles. The maximum atomic E-state index is 4.42. The fraction of sp³-hybridized carbons (Fsp3) is 0.0500. The number of benzene rings is 2. The predicted octanol–water partition coefficient (Wildman–Crippen LogP) is 3.82. The van der Waals surface area contributed by atoms with Gasteiger partial charge in [-0.2, -0.15) is 4.68 Å². The van der Waals surface area contributed by atoms with E-state index in [0.717, 1.165) is 34.3 Å². The number of hydrogen-bond donors (Lipinski definition) is 0. The van der Waals surface area contributed by atoms with E-state index in [2.05, 4.69) is 56.4 Å². The quantitative estimate of drug-likeness (QED) is 0.507. The van der Waals surface area contributed by atoms with E-state index in [1.165, 1.54) is 5.39 Å². The number of nitrogens with zero attached hydrogens (tertiary/aromatic N) is 5. The van der Waals surface area contributed by atoms with Crippen molar-refractivity contribution in [3.8, 4) is 5.82 Å². The summed E-state index contributed by atoms with van der Waals surface area (Å²) in [7, 11) is 0. The molecule has 0 unspecified atom stereocenters. The van der Waals surface area contributed by atoms with E-state index in [9.17, 15) is 0 Å². The Morgan fingerprint density at radius 1 is 0.880 bits per heavy atom. The molecule has 0 radical (unpaired) electrons. The van der Waals surface area contributed by atoms with E-state index in [-0.39, 0.29) is 0 Å². The van der Waals surface area contributed by atoms with Gasteiger partial charge in [0.2, 0.25) is 0 Å². The van der Waals surface area contributed by atoms with Gasteiger partial charge < -0.3 is 4.57 Å². The van der Waals surface area contributed by atoms with Crippen molar-refractivity contribution in [3.63, 3.8) is 0 Å². The van der Waals surface area contributed by atoms with Crippen molar-refractivity contribution in [1.29, 1.82) is 0 Å². The van der Waals surface area contributed by atoms with Crippen LogP contribution in [0.15, 0.2) is 79.3 Å². The van der Waals surface area contributed by atoms with Gasteiger partial charge in [0.25, 0.3) is 0 Å². The fourth-order valence-electron chi connectivity index (χ4n) is 3.27. The Labute approximate surface area is 144 Å². The second kappa shape index (κ2) is 5.56. The van der Waals surface area contributed by atoms with Crippen LogP contribution in [0.3, 0.4) is 0 Å². The van der Waals surface area contributed by atoms with Gasteiger partial charge in [-0.15, -0.1) is 5.10 Å². The molecule has 0 saturated carbocycles. The normalized spacial score (nSPS) is 11.4. The standard InChI is InChI=1S/C20H15N5/c1-2-8-17-16(7-1)14-24(13-15-6-5-11-21-12-15)20(17)25-19-10-4-3-9-18(19)22-23-25/h1-12,14H,13H2. The maximum absolute atomic E-state index is 4.42. The third-order valence-electron chi connectivity index (χ3n) is 4.40. The van der Waals surface area contributed by atoms with Crippen LogP contribution in [0, 0.1) is 0 Å². The Bertz CT molecular complexity index is 1170. The summed E-state index contributed by atoms with van der Waals surface area (Å²) >= 11 is 0. The summed E-state index contributed by atoms with van der Waals surface area (Å²) in [4.78, 5) is 4.23. The number of para-hydroxylation sites is 1. The molecule has 0 fully saturated rings. The van der Waals surface area contributed by atoms with Gasteiger partial charge in [0, 0.05) is 29.4 Å². The average Bonchev–Trinajstić information content (AvgIpc) is 3.23. The molecular weight excluding hydrogens is 310 g/mol. The van der Waals surface area contributed by atoms with Gasteiger partial charge in [0.05, 0.1) is 12.1 Å². The molecule has 25 heavy (non-hydrogen) atoms. The second-order valence-corrected chi connectivity index (χ2v) is 6.02. The van der Waals surface area contributed by atoms with Crippen molar-refractivity contribution in [3.05, 3.63) is 84.8 Å². The molecule has 3 aromatic heterocycles. The van der Waals surface area contributed by atoms with Crippen LogP contribution in [0.25, 0.3) is 27.6 Å². The van der Waals surface area contributed by atoms with E-state index < -0.39 is 0 Å². The maximum Gasteiger partial charge on any atom is 0.144 e. The molecule has 3 heterocycles. The SMILES string of the molecule is c1cncc(Cn2cc3ccccc3c2-n2nnc3ccccc32)c1. The fourth-order valence-corrected chi connectivity index (χ4v) is 3.27. The zero-order chi connectivity index (χ0) is 16.6. The topological polar surface area (TPSA) is 48.5 Å². The first kappa shape index (κ1) is 13.9. The van der Waals surface area contributed by atoms with Crippen molar-refractivity contribution >= 4 is 21.8 Å². The summed E-state index contributed by atoms with van der Waals surface area (Å²) in [6.07, 6.45) is 5.85. The average molecular weight is 325 g/mol. The third-order valence-corrected chi connectivity index (χ3v) is 4.40. The van der Waals surface area contributed by atoms with E-state index in [1.54, 1.807) is 6.20 Å². The van der Waals surface area contributed by atoms with Crippen LogP contribution in [-0.4, -0.2) is 24.5 Å². The highest BCUT2D eigenvalue weighted by atomic mass is 15.5. The molecule has 5 rings (SSSR count). The lowest BCUT2D eigenvalue weighted by Gasteiger charge is -2.10. The first-order valence-corrected chi connectivity index (χ1v) is 8.18. The minimum absolute atomic E-state index is 0.728. The minimum Gasteiger partial charge on any atom is -0.327 e. The Morgan fingerprint density at radius 3 is 2.68 bits per heavy atom. The number of rotatable bonds is 3. The van der Waals surface area contributed by atoms with Crippen LogP contribution in [-0.2, 0) is 6.54 Å². The number of aromatic nitrogens is 5. The highest BCUT2D eigenvalue weighted by Gasteiger charge is 2.15. The lowest BCUT2D eigenvalue weighted by atomic mass is 10.2. The summed E-state index contributed by atoms with van der Waals surface area (Å²) in [5.74, 6) is 1.02. The molecule has 0 bridgehead atoms. The molecular formula is C20H15N5. The molecule has 0 aliphatic heterocycles. The van der Waals surface area contributed by atoms with Crippen molar-refractivity contribution < 1.29 is 0 Å². The van der Waals surface area contributed by atoms with Gasteiger partial charge >= 0.3 is 0 Å². The van der Waals surface area contributed by atoms with E-state index >= 15 is 0 Å². The first-order valence-electron chi connectivity index (χ1n) is 8.18. The van der Waals surface area contributed by atoms with Gasteiger partial charge in [-0.1, -0.05) is 47.7 Å². The molecule has 5 aromatic rings. The van der Waals surface area contributed by atoms with Gasteiger partial charge in [0.1, 0.15) is 11.3 Å². The molecule has 5 nitrogen and oxygen atoms in total. The molecule has 0 amide bonds. The third kappa shape index (κ3) is 2.29. The lowest BCUT2D eigenvalue weighted by Crippen LogP contribution is -2.08. The zero-order valence-corrected chi connectivity index (χ0v) is 13.4. The summed E-state index contributed by atoms with van der Waals surface area (Å²) in [5, 5.41) is 11.1. The smallest absolute Gasteiger partial charge is 0.144 e. The molecule has 0 aliphatic carbocycles. The molecule has 120 valence electrons. The monoisotopic (exact) mass is 325 g/mol. The summed E-state index contributed by atoms with van der Waals surface area (Å²) < 4.78 is 4.14. The summed E-state index contributed by atoms with van der Waals surface area (Å²) in [6.45, 7) is 0.728. The van der Waals surface area contributed by atoms with Crippen LogP contribution in [0.5, 0.6) is 0 Å². The summed E-state index contributed by atoms with van der Waals surface area (Å²) in [5.41, 5.74) is 3.04. The predicted molar refractivity (Wildman–Crippen MR) is 97.7 cm³/mol. The first-order chi connectivity index (χ1) is 12.4. The number of fused-ring (bicyclic) bond motifs is 2. The molecule has 0 N–H and O–H groups in total. The minimum atomic E-state index is 0.728. The van der Waals surface area contributed by atoms with E-state index in [4.69, 9.17) is 0 Å². The van der Waals surface area contributed by atoms with Crippen molar-refractivity contribution in [2.75, 3.05) is 0 Å². The van der Waals surface area contributed by atoms with Gasteiger partial charge in [-0.3, -0.25) is 4.98 Å². The molecule has 0 spiro atoms. The number of hydrogen-bond acceptors (Lipinski definition) is 3. The van der Waals surface area contributed by atoms with Gasteiger partial charge in [-0.05, 0) is 23.8 Å². The van der Waals surface area contributed by atoms with E-state index in [1.807, 2.05) is 41.2 Å². The largest absolute Gasteiger partial charge is 0.327 e. The highest BCUT2D eigenvalue weighted by Crippen LogP contribution is 2.27. The number of pyridine rings is 1. The van der Waals surface area contributed by atoms with Crippen LogP contribution in [0.4, 0.5) is 0 Å². The second-order valence-electron chi connectivity index (χ2n) is 6.02. The summed E-state index contributed by atoms with van der Waals surface area (Å²) in [6, 6.07) is 20.4. The molecule has 0 aliphatic rings. The molecule has 0 atom stereocenters. The van der Waals surface area contributed by atoms with Crippen LogP contribution in [0.2, 0.25) is 0 Å². The van der Waals surface area contributed by atoms with Gasteiger partial charge in [-0.25, -0.2) is 0 Å². The van der Waals surface area contributed by atoms with E-state index in [0.29, 0.717) is 0 Å². The van der Waals surface area contributed by atoms with Crippen molar-refractivity contribution in [2.45, 2.75) is 6.54 Å². The van der Waals surface area contributed by atoms with Gasteiger partial charge in [0.15, 0.2) is 0 Å². The molecule has 2 aromatic carbocycles. The Hall–Kier alpha value is -3.47. The van der Waals surface area contributed by atoms with Crippen molar-refractivity contribution in [2.24, 2.45) is 0 Å². The lowest BCUT2D eigenvalue weighted by molar-refractivity contribution is 0.715. The zero-order valence-electron chi connectivity index (χ0n) is 13.4. The highest BCUT2D eigenvalue weighted by molar-refractivity contribution is 5.91. The van der Waals surface area contributed by atoms with Crippen molar-refractivity contribution in [1.82, 2.24) is 24.5 Å². The van der Waals surface area contributed by atoms with Crippen LogP contribution < -0.4 is 0 Å². The van der Waals surface area contributed by atoms with Crippen LogP contribution in [0.1, 0.15) is 5.56 Å². The van der Waals surface area contributed by atoms with Crippen LogP contribution >= 0.6 is 0 Å². The Morgan fingerprint density at radius 2 is 1.76 bits per heavy atom. The molecule has 5 heteroatoms. The Kier molecular flexibility index (Phi) is 3.10. The Balaban J connectivity index is 1.77.